The molecule has 1 aromatic heterocycles. The van der Waals surface area contributed by atoms with Crippen molar-refractivity contribution in [3.63, 3.8) is 0 Å². The molecule has 2 heterocycles. The third-order valence-electron chi connectivity index (χ3n) is 4.83. The third kappa shape index (κ3) is 5.27. The smallest absolute Gasteiger partial charge is 0.231 e. The van der Waals surface area contributed by atoms with E-state index < -0.39 is 0 Å². The van der Waals surface area contributed by atoms with E-state index in [-0.39, 0.29) is 12.6 Å². The number of imidazole rings is 1. The van der Waals surface area contributed by atoms with Crippen molar-refractivity contribution in [3.05, 3.63) is 78.1 Å². The summed E-state index contributed by atoms with van der Waals surface area (Å²) in [5.74, 6) is 1.26. The van der Waals surface area contributed by atoms with Gasteiger partial charge in [0.1, 0.15) is 5.82 Å². The van der Waals surface area contributed by atoms with Crippen LogP contribution in [0.1, 0.15) is 17.5 Å². The molecule has 6 nitrogen and oxygen atoms in total. The number of benzene rings is 2. The zero-order chi connectivity index (χ0) is 20.8. The molecule has 1 aliphatic heterocycles. The highest BCUT2D eigenvalue weighted by Gasteiger charge is 2.14. The number of fused-ring (bicyclic) bond motifs is 1. The molecule has 8 heteroatoms. The molecule has 4 rings (SSSR count). The van der Waals surface area contributed by atoms with Gasteiger partial charge in [-0.05, 0) is 54.0 Å². The summed E-state index contributed by atoms with van der Waals surface area (Å²) in [5, 5.41) is 3.94. The molecule has 1 N–H and O–H groups in total. The minimum atomic E-state index is -0.245. The van der Waals surface area contributed by atoms with Crippen molar-refractivity contribution in [1.82, 2.24) is 19.8 Å². The highest BCUT2D eigenvalue weighted by Crippen LogP contribution is 2.32. The summed E-state index contributed by atoms with van der Waals surface area (Å²) in [4.78, 5) is 6.13. The Morgan fingerprint density at radius 2 is 2.07 bits per heavy atom. The maximum atomic E-state index is 13.6. The Hall–Kier alpha value is -3.13. The van der Waals surface area contributed by atoms with Crippen molar-refractivity contribution in [1.29, 1.82) is 0 Å². The van der Waals surface area contributed by atoms with Gasteiger partial charge in [-0.15, -0.1) is 0 Å². The number of ether oxygens (including phenoxy) is 2. The highest BCUT2D eigenvalue weighted by atomic mass is 32.1. The van der Waals surface area contributed by atoms with Crippen LogP contribution in [0.4, 0.5) is 4.39 Å². The summed E-state index contributed by atoms with van der Waals surface area (Å²) < 4.78 is 26.5. The van der Waals surface area contributed by atoms with Crippen LogP contribution in [0.15, 0.2) is 61.2 Å². The SMILES string of the molecule is Fc1cccc(CN(CCCn2ccnc2)C(=S)NCc2ccc3c(c2)OCO3)c1. The quantitative estimate of drug-likeness (QED) is 0.554. The van der Waals surface area contributed by atoms with Gasteiger partial charge >= 0.3 is 0 Å². The average Bonchev–Trinajstić information content (AvgIpc) is 3.43. The second-order valence-electron chi connectivity index (χ2n) is 7.05. The Labute approximate surface area is 180 Å². The van der Waals surface area contributed by atoms with Gasteiger partial charge in [-0.25, -0.2) is 9.37 Å². The van der Waals surface area contributed by atoms with Gasteiger partial charge in [0, 0.05) is 38.6 Å². The first-order valence-electron chi connectivity index (χ1n) is 9.79. The van der Waals surface area contributed by atoms with Crippen molar-refractivity contribution in [2.24, 2.45) is 0 Å². The molecular weight excluding hydrogens is 403 g/mol. The number of rotatable bonds is 8. The topological polar surface area (TPSA) is 51.6 Å². The van der Waals surface area contributed by atoms with E-state index in [9.17, 15) is 4.39 Å². The van der Waals surface area contributed by atoms with Crippen LogP contribution < -0.4 is 14.8 Å². The van der Waals surface area contributed by atoms with Crippen LogP contribution in [0.5, 0.6) is 11.5 Å². The van der Waals surface area contributed by atoms with Gasteiger partial charge in [-0.2, -0.15) is 0 Å². The Kier molecular flexibility index (Phi) is 6.44. The van der Waals surface area contributed by atoms with Gasteiger partial charge in [-0.1, -0.05) is 18.2 Å². The number of halogens is 1. The molecule has 0 fully saturated rings. The maximum Gasteiger partial charge on any atom is 0.231 e. The van der Waals surface area contributed by atoms with Crippen LogP contribution in [0.3, 0.4) is 0 Å². The van der Waals surface area contributed by atoms with Gasteiger partial charge in [0.15, 0.2) is 16.6 Å². The fourth-order valence-corrected chi connectivity index (χ4v) is 3.54. The summed E-state index contributed by atoms with van der Waals surface area (Å²) in [6.07, 6.45) is 6.39. The summed E-state index contributed by atoms with van der Waals surface area (Å²) in [7, 11) is 0. The van der Waals surface area contributed by atoms with Crippen LogP contribution in [0, 0.1) is 5.82 Å². The number of nitrogens with one attached hydrogen (secondary N) is 1. The zero-order valence-electron chi connectivity index (χ0n) is 16.5. The molecule has 0 radical (unpaired) electrons. The first kappa shape index (κ1) is 20.2. The molecule has 0 spiro atoms. The summed E-state index contributed by atoms with van der Waals surface area (Å²) in [6.45, 7) is 2.93. The van der Waals surface area contributed by atoms with Crippen LogP contribution in [-0.4, -0.2) is 32.9 Å². The Bertz CT molecular complexity index is 997. The van der Waals surface area contributed by atoms with Crippen molar-refractivity contribution in [2.75, 3.05) is 13.3 Å². The molecule has 0 amide bonds. The van der Waals surface area contributed by atoms with Crippen LogP contribution in [0.25, 0.3) is 0 Å². The Morgan fingerprint density at radius 3 is 2.90 bits per heavy atom. The van der Waals surface area contributed by atoms with Crippen molar-refractivity contribution in [3.8, 4) is 11.5 Å². The van der Waals surface area contributed by atoms with Crippen LogP contribution >= 0.6 is 12.2 Å². The molecule has 0 bridgehead atoms. The molecule has 156 valence electrons. The van der Waals surface area contributed by atoms with E-state index in [2.05, 4.69) is 15.2 Å². The van der Waals surface area contributed by atoms with E-state index in [1.807, 2.05) is 35.0 Å². The lowest BCUT2D eigenvalue weighted by Gasteiger charge is -2.26. The van der Waals surface area contributed by atoms with E-state index >= 15 is 0 Å². The standard InChI is InChI=1S/C22H23FN4O2S/c23-19-4-1-3-18(11-19)14-27(9-2-8-26-10-7-24-15-26)22(30)25-13-17-5-6-20-21(12-17)29-16-28-20/h1,3-7,10-12,15H,2,8-9,13-14,16H2,(H,25,30). The number of hydrogen-bond acceptors (Lipinski definition) is 4. The predicted octanol–water partition coefficient (Wildman–Crippen LogP) is 3.72. The van der Waals surface area contributed by atoms with E-state index in [0.29, 0.717) is 18.2 Å². The lowest BCUT2D eigenvalue weighted by Crippen LogP contribution is -2.39. The Balaban J connectivity index is 1.38. The second-order valence-corrected chi connectivity index (χ2v) is 7.44. The predicted molar refractivity (Wildman–Crippen MR) is 116 cm³/mol. The van der Waals surface area contributed by atoms with Crippen molar-refractivity contribution in [2.45, 2.75) is 26.1 Å². The largest absolute Gasteiger partial charge is 0.454 e. The first-order chi connectivity index (χ1) is 14.7. The Morgan fingerprint density at radius 1 is 1.17 bits per heavy atom. The summed E-state index contributed by atoms with van der Waals surface area (Å²) in [5.41, 5.74) is 1.93. The minimum Gasteiger partial charge on any atom is -0.454 e. The number of aryl methyl sites for hydroxylation is 1. The molecule has 0 saturated heterocycles. The van der Waals surface area contributed by atoms with E-state index in [4.69, 9.17) is 21.7 Å². The fraction of sp³-hybridized carbons (Fsp3) is 0.273. The number of thiocarbonyl (C=S) groups is 1. The fourth-order valence-electron chi connectivity index (χ4n) is 3.31. The highest BCUT2D eigenvalue weighted by molar-refractivity contribution is 7.80. The van der Waals surface area contributed by atoms with Crippen LogP contribution in [0.2, 0.25) is 0 Å². The molecule has 0 aliphatic carbocycles. The van der Waals surface area contributed by atoms with Gasteiger partial charge in [0.2, 0.25) is 6.79 Å². The number of hydrogen-bond donors (Lipinski definition) is 1. The average molecular weight is 427 g/mol. The van der Waals surface area contributed by atoms with Gasteiger partial charge in [-0.3, -0.25) is 0 Å². The molecule has 30 heavy (non-hydrogen) atoms. The molecule has 3 aromatic rings. The van der Waals surface area contributed by atoms with E-state index in [0.717, 1.165) is 42.1 Å². The molecule has 2 aromatic carbocycles. The van der Waals surface area contributed by atoms with Gasteiger partial charge in [0.25, 0.3) is 0 Å². The molecular formula is C22H23FN4O2S. The second kappa shape index (κ2) is 9.58. The first-order valence-corrected chi connectivity index (χ1v) is 10.2. The van der Waals surface area contributed by atoms with Gasteiger partial charge < -0.3 is 24.3 Å². The van der Waals surface area contributed by atoms with Crippen molar-refractivity contribution >= 4 is 17.3 Å². The van der Waals surface area contributed by atoms with Crippen molar-refractivity contribution < 1.29 is 13.9 Å². The van der Waals surface area contributed by atoms with Gasteiger partial charge in [0.05, 0.1) is 6.33 Å². The lowest BCUT2D eigenvalue weighted by molar-refractivity contribution is 0.174. The molecule has 0 saturated carbocycles. The molecule has 1 aliphatic rings. The molecule has 0 atom stereocenters. The normalized spacial score (nSPS) is 12.0. The summed E-state index contributed by atoms with van der Waals surface area (Å²) >= 11 is 5.67. The zero-order valence-corrected chi connectivity index (χ0v) is 17.3. The maximum absolute atomic E-state index is 13.6. The summed E-state index contributed by atoms with van der Waals surface area (Å²) in [6, 6.07) is 12.5. The van der Waals surface area contributed by atoms with E-state index in [1.165, 1.54) is 6.07 Å². The monoisotopic (exact) mass is 426 g/mol. The van der Waals surface area contributed by atoms with Crippen LogP contribution in [-0.2, 0) is 19.6 Å². The third-order valence-corrected chi connectivity index (χ3v) is 5.24. The van der Waals surface area contributed by atoms with E-state index in [1.54, 1.807) is 24.7 Å². The number of nitrogens with zero attached hydrogens (tertiary/aromatic N) is 3. The number of aromatic nitrogens is 2. The lowest BCUT2D eigenvalue weighted by atomic mass is 10.2. The molecule has 0 unspecified atom stereocenters. The minimum absolute atomic E-state index is 0.245.